The quantitative estimate of drug-likeness (QED) is 0.650. The van der Waals surface area contributed by atoms with Gasteiger partial charge in [-0.1, -0.05) is 56.3 Å². The van der Waals surface area contributed by atoms with Gasteiger partial charge in [-0.05, 0) is 36.5 Å². The molecule has 0 aliphatic rings. The topological polar surface area (TPSA) is 61.7 Å². The molecule has 0 atom stereocenters. The summed E-state index contributed by atoms with van der Waals surface area (Å²) >= 11 is 0. The highest BCUT2D eigenvalue weighted by Crippen LogP contribution is 2.27. The standard InChI is InChI=1S/C19H22N2O2/c1-14(13-19(2,3)15-9-5-4-6-10-15)20-21-18(23)16-11-7-8-12-17(16)22/h4-12,22H,13H2,1-3H3,(H,21,23)/b20-14+. The summed E-state index contributed by atoms with van der Waals surface area (Å²) in [7, 11) is 0. The van der Waals surface area contributed by atoms with E-state index in [9.17, 15) is 9.90 Å². The third-order valence-electron chi connectivity index (χ3n) is 3.75. The number of rotatable bonds is 5. The average molecular weight is 310 g/mol. The summed E-state index contributed by atoms with van der Waals surface area (Å²) in [5.41, 5.74) is 4.69. The Bertz CT molecular complexity index is 706. The van der Waals surface area contributed by atoms with E-state index in [1.54, 1.807) is 18.2 Å². The first-order valence-corrected chi connectivity index (χ1v) is 7.57. The molecular weight excluding hydrogens is 288 g/mol. The van der Waals surface area contributed by atoms with Crippen molar-refractivity contribution in [3.63, 3.8) is 0 Å². The van der Waals surface area contributed by atoms with E-state index < -0.39 is 5.91 Å². The molecule has 2 aromatic rings. The van der Waals surface area contributed by atoms with Gasteiger partial charge < -0.3 is 5.11 Å². The van der Waals surface area contributed by atoms with Crippen LogP contribution in [0.25, 0.3) is 0 Å². The first-order valence-electron chi connectivity index (χ1n) is 7.57. The fourth-order valence-electron chi connectivity index (χ4n) is 2.54. The molecule has 120 valence electrons. The number of hydrazone groups is 1. The fourth-order valence-corrected chi connectivity index (χ4v) is 2.54. The molecule has 0 fully saturated rings. The summed E-state index contributed by atoms with van der Waals surface area (Å²) in [5.74, 6) is -0.470. The maximum Gasteiger partial charge on any atom is 0.275 e. The van der Waals surface area contributed by atoms with Gasteiger partial charge in [0.25, 0.3) is 5.91 Å². The van der Waals surface area contributed by atoms with Crippen LogP contribution in [-0.2, 0) is 5.41 Å². The highest BCUT2D eigenvalue weighted by molar-refractivity contribution is 5.97. The molecule has 2 N–H and O–H groups in total. The average Bonchev–Trinajstić information content (AvgIpc) is 2.53. The number of benzene rings is 2. The van der Waals surface area contributed by atoms with Crippen LogP contribution in [-0.4, -0.2) is 16.7 Å². The van der Waals surface area contributed by atoms with Gasteiger partial charge in [-0.2, -0.15) is 5.10 Å². The molecule has 0 radical (unpaired) electrons. The molecule has 0 aliphatic heterocycles. The van der Waals surface area contributed by atoms with Crippen LogP contribution in [0.1, 0.15) is 43.1 Å². The number of hydrogen-bond acceptors (Lipinski definition) is 3. The van der Waals surface area contributed by atoms with Gasteiger partial charge in [-0.3, -0.25) is 4.79 Å². The van der Waals surface area contributed by atoms with Crippen LogP contribution in [0.5, 0.6) is 5.75 Å². The predicted octanol–water partition coefficient (Wildman–Crippen LogP) is 3.87. The van der Waals surface area contributed by atoms with E-state index in [1.807, 2.05) is 25.1 Å². The second kappa shape index (κ2) is 7.09. The van der Waals surface area contributed by atoms with Crippen molar-refractivity contribution >= 4 is 11.6 Å². The van der Waals surface area contributed by atoms with E-state index in [-0.39, 0.29) is 16.7 Å². The molecule has 0 unspecified atom stereocenters. The molecule has 4 heteroatoms. The monoisotopic (exact) mass is 310 g/mol. The lowest BCUT2D eigenvalue weighted by Crippen LogP contribution is -2.24. The molecule has 0 spiro atoms. The number of nitrogens with one attached hydrogen (secondary N) is 1. The number of aromatic hydroxyl groups is 1. The lowest BCUT2D eigenvalue weighted by molar-refractivity contribution is 0.0952. The van der Waals surface area contributed by atoms with Crippen LogP contribution in [0, 0.1) is 0 Å². The normalized spacial score (nSPS) is 12.0. The number of phenols is 1. The fraction of sp³-hybridized carbons (Fsp3) is 0.263. The van der Waals surface area contributed by atoms with Crippen LogP contribution in [0.3, 0.4) is 0 Å². The molecule has 4 nitrogen and oxygen atoms in total. The Morgan fingerprint density at radius 1 is 1.09 bits per heavy atom. The zero-order valence-corrected chi connectivity index (χ0v) is 13.7. The molecule has 23 heavy (non-hydrogen) atoms. The number of amides is 1. The Hall–Kier alpha value is -2.62. The number of phenolic OH excluding ortho intramolecular Hbond substituents is 1. The first-order chi connectivity index (χ1) is 10.9. The van der Waals surface area contributed by atoms with Crippen molar-refractivity contribution in [1.29, 1.82) is 0 Å². The van der Waals surface area contributed by atoms with E-state index >= 15 is 0 Å². The minimum atomic E-state index is -0.417. The molecule has 0 bridgehead atoms. The zero-order chi connectivity index (χ0) is 16.9. The Kier molecular flexibility index (Phi) is 5.16. The van der Waals surface area contributed by atoms with Gasteiger partial charge in [0.1, 0.15) is 5.75 Å². The number of nitrogens with zero attached hydrogens (tertiary/aromatic N) is 1. The van der Waals surface area contributed by atoms with E-state index in [4.69, 9.17) is 0 Å². The summed E-state index contributed by atoms with van der Waals surface area (Å²) in [6.45, 7) is 6.17. The number of para-hydroxylation sites is 1. The van der Waals surface area contributed by atoms with Gasteiger partial charge in [0, 0.05) is 5.71 Å². The Morgan fingerprint density at radius 2 is 1.70 bits per heavy atom. The number of carbonyl (C=O) groups is 1. The summed E-state index contributed by atoms with van der Waals surface area (Å²) in [5, 5.41) is 13.8. The zero-order valence-electron chi connectivity index (χ0n) is 13.7. The largest absolute Gasteiger partial charge is 0.507 e. The first kappa shape index (κ1) is 16.7. The van der Waals surface area contributed by atoms with Crippen molar-refractivity contribution in [3.05, 3.63) is 65.7 Å². The van der Waals surface area contributed by atoms with Gasteiger partial charge in [-0.25, -0.2) is 5.43 Å². The third-order valence-corrected chi connectivity index (χ3v) is 3.75. The van der Waals surface area contributed by atoms with Crippen molar-refractivity contribution in [2.24, 2.45) is 5.10 Å². The minimum absolute atomic E-state index is 0.0533. The number of hydrogen-bond donors (Lipinski definition) is 2. The smallest absolute Gasteiger partial charge is 0.275 e. The Balaban J connectivity index is 2.03. The summed E-state index contributed by atoms with van der Waals surface area (Å²) in [4.78, 5) is 12.0. The Labute approximate surface area is 136 Å². The van der Waals surface area contributed by atoms with Crippen LogP contribution >= 0.6 is 0 Å². The summed E-state index contributed by atoms with van der Waals surface area (Å²) in [6, 6.07) is 16.6. The number of carbonyl (C=O) groups excluding carboxylic acids is 1. The van der Waals surface area contributed by atoms with Crippen molar-refractivity contribution < 1.29 is 9.90 Å². The minimum Gasteiger partial charge on any atom is -0.507 e. The molecule has 2 rings (SSSR count). The third kappa shape index (κ3) is 4.42. The van der Waals surface area contributed by atoms with Gasteiger partial charge >= 0.3 is 0 Å². The van der Waals surface area contributed by atoms with Gasteiger partial charge in [0.05, 0.1) is 5.56 Å². The lowest BCUT2D eigenvalue weighted by atomic mass is 9.80. The lowest BCUT2D eigenvalue weighted by Gasteiger charge is -2.25. The summed E-state index contributed by atoms with van der Waals surface area (Å²) in [6.07, 6.45) is 0.720. The molecule has 0 aliphatic carbocycles. The van der Waals surface area contributed by atoms with E-state index in [0.717, 1.165) is 12.1 Å². The molecule has 0 aromatic heterocycles. The molecule has 2 aromatic carbocycles. The van der Waals surface area contributed by atoms with Gasteiger partial charge in [0.15, 0.2) is 0 Å². The maximum absolute atomic E-state index is 12.0. The molecular formula is C19H22N2O2. The second-order valence-corrected chi connectivity index (χ2v) is 6.23. The molecule has 0 saturated carbocycles. The van der Waals surface area contributed by atoms with Gasteiger partial charge in [-0.15, -0.1) is 0 Å². The predicted molar refractivity (Wildman–Crippen MR) is 92.8 cm³/mol. The summed E-state index contributed by atoms with van der Waals surface area (Å²) < 4.78 is 0. The van der Waals surface area contributed by atoms with Crippen molar-refractivity contribution in [3.8, 4) is 5.75 Å². The van der Waals surface area contributed by atoms with Crippen molar-refractivity contribution in [2.75, 3.05) is 0 Å². The highest BCUT2D eigenvalue weighted by atomic mass is 16.3. The SMILES string of the molecule is C/C(CC(C)(C)c1ccccc1)=N\NC(=O)c1ccccc1O. The molecule has 0 saturated heterocycles. The van der Waals surface area contributed by atoms with E-state index in [2.05, 4.69) is 36.5 Å². The van der Waals surface area contributed by atoms with Crippen LogP contribution in [0.2, 0.25) is 0 Å². The van der Waals surface area contributed by atoms with E-state index in [1.165, 1.54) is 11.6 Å². The van der Waals surface area contributed by atoms with Gasteiger partial charge in [0.2, 0.25) is 0 Å². The van der Waals surface area contributed by atoms with E-state index in [0.29, 0.717) is 0 Å². The second-order valence-electron chi connectivity index (χ2n) is 6.23. The molecule has 1 amide bonds. The molecule has 0 heterocycles. The maximum atomic E-state index is 12.0. The van der Waals surface area contributed by atoms with Crippen molar-refractivity contribution in [2.45, 2.75) is 32.6 Å². The Morgan fingerprint density at radius 3 is 2.35 bits per heavy atom. The highest BCUT2D eigenvalue weighted by Gasteiger charge is 2.21. The van der Waals surface area contributed by atoms with Crippen molar-refractivity contribution in [1.82, 2.24) is 5.43 Å². The van der Waals surface area contributed by atoms with Crippen LogP contribution in [0.4, 0.5) is 0 Å². The van der Waals surface area contributed by atoms with Crippen LogP contribution < -0.4 is 5.43 Å². The van der Waals surface area contributed by atoms with Crippen LogP contribution in [0.15, 0.2) is 59.7 Å².